The molecule has 0 aliphatic carbocycles. The van der Waals surface area contributed by atoms with Crippen LogP contribution in [0.1, 0.15) is 5.56 Å². The molecule has 1 aliphatic heterocycles. The van der Waals surface area contributed by atoms with Crippen LogP contribution >= 0.6 is 11.6 Å². The molecule has 0 spiro atoms. The van der Waals surface area contributed by atoms with Crippen LogP contribution in [0.3, 0.4) is 0 Å². The smallest absolute Gasteiger partial charge is 0.422 e. The number of para-hydroxylation sites is 1. The Morgan fingerprint density at radius 1 is 0.961 bits per heavy atom. The van der Waals surface area contributed by atoms with Crippen molar-refractivity contribution in [2.75, 3.05) is 53.0 Å². The summed E-state index contributed by atoms with van der Waals surface area (Å²) >= 11 is 7.06. The molecule has 1 N–H and O–H groups in total. The van der Waals surface area contributed by atoms with Crippen molar-refractivity contribution in [2.45, 2.75) is 18.7 Å². The first-order chi connectivity index (χ1) is 24.5. The molecule has 1 atom stereocenters. The van der Waals surface area contributed by atoms with E-state index < -0.39 is 30.7 Å². The van der Waals surface area contributed by atoms with Crippen LogP contribution in [0.4, 0.5) is 17.6 Å². The third-order valence-electron chi connectivity index (χ3n) is 9.02. The van der Waals surface area contributed by atoms with Gasteiger partial charge in [0, 0.05) is 61.5 Å². The number of likely N-dealkylation sites (N-methyl/N-ethyl adjacent to an activating group) is 1. The summed E-state index contributed by atoms with van der Waals surface area (Å²) in [7, 11) is 2.09. The van der Waals surface area contributed by atoms with Crippen LogP contribution in [-0.2, 0) is 11.2 Å². The van der Waals surface area contributed by atoms with E-state index in [0.717, 1.165) is 26.2 Å². The van der Waals surface area contributed by atoms with Gasteiger partial charge in [0.2, 0.25) is 12.0 Å². The first-order valence-electron chi connectivity index (χ1n) is 16.2. The zero-order chi connectivity index (χ0) is 35.9. The minimum Gasteiger partial charge on any atom is -0.491 e. The molecular formula is C36H32ClF4N5O5. The van der Waals surface area contributed by atoms with Gasteiger partial charge in [-0.05, 0) is 59.1 Å². The Balaban J connectivity index is 1.29. The van der Waals surface area contributed by atoms with Crippen molar-refractivity contribution in [3.05, 3.63) is 83.5 Å². The van der Waals surface area contributed by atoms with Gasteiger partial charge in [0.15, 0.2) is 6.61 Å². The van der Waals surface area contributed by atoms with Gasteiger partial charge in [-0.15, -0.1) is 0 Å². The van der Waals surface area contributed by atoms with Crippen LogP contribution in [-0.4, -0.2) is 101 Å². The molecule has 6 aromatic rings. The fourth-order valence-corrected chi connectivity index (χ4v) is 6.81. The second-order valence-corrected chi connectivity index (χ2v) is 12.8. The molecule has 1 unspecified atom stereocenters. The average molecular weight is 726 g/mol. The quantitative estimate of drug-likeness (QED) is 0.117. The molecule has 0 amide bonds. The Hall–Kier alpha value is -4.92. The van der Waals surface area contributed by atoms with E-state index in [4.69, 9.17) is 25.8 Å². The van der Waals surface area contributed by atoms with Crippen LogP contribution in [0.25, 0.3) is 37.8 Å². The molecule has 0 saturated carbocycles. The van der Waals surface area contributed by atoms with E-state index in [1.54, 1.807) is 30.5 Å². The van der Waals surface area contributed by atoms with Crippen LogP contribution in [0.5, 0.6) is 17.4 Å². The Morgan fingerprint density at radius 3 is 2.49 bits per heavy atom. The number of benzene rings is 4. The van der Waals surface area contributed by atoms with E-state index in [9.17, 15) is 27.5 Å². The van der Waals surface area contributed by atoms with Crippen molar-refractivity contribution in [3.8, 4) is 17.4 Å². The number of hydrogen-bond acceptors (Lipinski definition) is 8. The lowest BCUT2D eigenvalue weighted by molar-refractivity contribution is -0.153. The number of piperazine rings is 1. The lowest BCUT2D eigenvalue weighted by Gasteiger charge is -2.32. The number of aromatic nitrogens is 3. The number of ether oxygens (including phenoxy) is 3. The van der Waals surface area contributed by atoms with Crippen molar-refractivity contribution in [1.29, 1.82) is 0 Å². The van der Waals surface area contributed by atoms with Gasteiger partial charge in [-0.1, -0.05) is 35.9 Å². The van der Waals surface area contributed by atoms with E-state index in [0.29, 0.717) is 56.7 Å². The SMILES string of the molecule is CN1CCN(CCOc2ccc3c(c2Cl)c2cc(F)ccc2c2cn4ncnc(OC(Cc5ccccc5OCC(F)(F)F)C(=O)O)c4c23)CC1. The van der Waals surface area contributed by atoms with Gasteiger partial charge in [0.05, 0.1) is 5.02 Å². The minimum atomic E-state index is -4.59. The Labute approximate surface area is 293 Å². The van der Waals surface area contributed by atoms with E-state index in [2.05, 4.69) is 26.9 Å². The van der Waals surface area contributed by atoms with Crippen molar-refractivity contribution >= 4 is 55.4 Å². The molecule has 15 heteroatoms. The number of hydrogen-bond donors (Lipinski definition) is 1. The second kappa shape index (κ2) is 14.0. The summed E-state index contributed by atoms with van der Waals surface area (Å²) in [5.41, 5.74) is 0.515. The fourth-order valence-electron chi connectivity index (χ4n) is 6.49. The Kier molecular flexibility index (Phi) is 9.48. The van der Waals surface area contributed by atoms with Gasteiger partial charge < -0.3 is 24.2 Å². The third-order valence-corrected chi connectivity index (χ3v) is 9.39. The van der Waals surface area contributed by atoms with Crippen LogP contribution < -0.4 is 14.2 Å². The van der Waals surface area contributed by atoms with Gasteiger partial charge in [0.25, 0.3) is 0 Å². The summed E-state index contributed by atoms with van der Waals surface area (Å²) in [6.07, 6.45) is -3.58. The van der Waals surface area contributed by atoms with E-state index in [-0.39, 0.29) is 28.6 Å². The number of rotatable bonds is 11. The molecule has 1 saturated heterocycles. The van der Waals surface area contributed by atoms with Gasteiger partial charge >= 0.3 is 12.1 Å². The molecule has 0 radical (unpaired) electrons. The maximum Gasteiger partial charge on any atom is 0.422 e. The molecule has 2 aromatic heterocycles. The second-order valence-electron chi connectivity index (χ2n) is 12.4. The topological polar surface area (TPSA) is 102 Å². The van der Waals surface area contributed by atoms with Gasteiger partial charge in [-0.25, -0.2) is 13.7 Å². The molecule has 10 nitrogen and oxygen atoms in total. The van der Waals surface area contributed by atoms with Crippen LogP contribution in [0.2, 0.25) is 5.02 Å². The molecule has 3 heterocycles. The van der Waals surface area contributed by atoms with Crippen molar-refractivity contribution < 1.29 is 41.7 Å². The molecule has 266 valence electrons. The molecule has 51 heavy (non-hydrogen) atoms. The number of carboxylic acids is 1. The number of nitrogens with zero attached hydrogens (tertiary/aromatic N) is 5. The Bertz CT molecular complexity index is 2260. The zero-order valence-corrected chi connectivity index (χ0v) is 28.0. The average Bonchev–Trinajstić information content (AvgIpc) is 3.49. The molecule has 4 aromatic carbocycles. The van der Waals surface area contributed by atoms with Crippen molar-refractivity contribution in [2.24, 2.45) is 0 Å². The number of halogens is 5. The minimum absolute atomic E-state index is 0.0903. The summed E-state index contributed by atoms with van der Waals surface area (Å²) in [6, 6.07) is 13.8. The lowest BCUT2D eigenvalue weighted by atomic mass is 9.95. The van der Waals surface area contributed by atoms with Crippen molar-refractivity contribution in [1.82, 2.24) is 24.4 Å². The highest BCUT2D eigenvalue weighted by atomic mass is 35.5. The van der Waals surface area contributed by atoms with Gasteiger partial charge in [0.1, 0.15) is 35.8 Å². The summed E-state index contributed by atoms with van der Waals surface area (Å²) in [5.74, 6) is -1.62. The molecule has 7 rings (SSSR count). The number of fused-ring (bicyclic) bond motifs is 8. The van der Waals surface area contributed by atoms with E-state index in [1.165, 1.54) is 41.2 Å². The fraction of sp³-hybridized carbons (Fsp3) is 0.306. The largest absolute Gasteiger partial charge is 0.491 e. The predicted molar refractivity (Wildman–Crippen MR) is 184 cm³/mol. The molecule has 1 fully saturated rings. The molecule has 0 bridgehead atoms. The highest BCUT2D eigenvalue weighted by Gasteiger charge is 2.30. The third kappa shape index (κ3) is 7.16. The van der Waals surface area contributed by atoms with E-state index in [1.807, 2.05) is 0 Å². The highest BCUT2D eigenvalue weighted by Crippen LogP contribution is 2.45. The number of carbonyl (C=O) groups is 1. The van der Waals surface area contributed by atoms with Crippen molar-refractivity contribution in [3.63, 3.8) is 0 Å². The normalized spacial score (nSPS) is 15.2. The summed E-state index contributed by atoms with van der Waals surface area (Å²) in [4.78, 5) is 21.4. The first-order valence-corrected chi connectivity index (χ1v) is 16.5. The summed E-state index contributed by atoms with van der Waals surface area (Å²) in [6.45, 7) is 3.38. The maximum atomic E-state index is 14.8. The standard InChI is InChI=1S/C36H32ClF4N5O5/c1-44-10-12-45(13-11-44)14-15-49-28-9-8-24-30(32(28)37)25-17-22(38)6-7-23(25)26-18-46-33(31(24)26)34(42-20-43-46)51-29(35(47)48)16-21-4-2-3-5-27(21)50-19-36(39,40)41/h2-9,17-18,20,29H,10-16,19H2,1H3,(H,47,48). The molecule has 1 aliphatic rings. The molecular weight excluding hydrogens is 694 g/mol. The van der Waals surface area contributed by atoms with Crippen LogP contribution in [0.15, 0.2) is 67.1 Å². The van der Waals surface area contributed by atoms with Crippen LogP contribution in [0, 0.1) is 5.82 Å². The zero-order valence-electron chi connectivity index (χ0n) is 27.3. The van der Waals surface area contributed by atoms with E-state index >= 15 is 0 Å². The van der Waals surface area contributed by atoms with Gasteiger partial charge in [-0.3, -0.25) is 4.90 Å². The highest BCUT2D eigenvalue weighted by molar-refractivity contribution is 6.42. The summed E-state index contributed by atoms with van der Waals surface area (Å²) in [5, 5.41) is 18.3. The van der Waals surface area contributed by atoms with Gasteiger partial charge in [-0.2, -0.15) is 23.3 Å². The lowest BCUT2D eigenvalue weighted by Crippen LogP contribution is -2.45. The number of carboxylic acid groups (broad SMARTS) is 1. The predicted octanol–water partition coefficient (Wildman–Crippen LogP) is 6.62. The maximum absolute atomic E-state index is 14.8. The number of aliphatic carboxylic acids is 1. The summed E-state index contributed by atoms with van der Waals surface area (Å²) < 4.78 is 72.2. The first kappa shape index (κ1) is 34.5. The Morgan fingerprint density at radius 2 is 1.73 bits per heavy atom. The number of alkyl halides is 3. The monoisotopic (exact) mass is 725 g/mol.